The van der Waals surface area contributed by atoms with Crippen molar-refractivity contribution in [3.05, 3.63) is 0 Å². The van der Waals surface area contributed by atoms with Gasteiger partial charge >= 0.3 is 13.2 Å². The van der Waals surface area contributed by atoms with Crippen molar-refractivity contribution in [2.75, 3.05) is 0 Å². The van der Waals surface area contributed by atoms with Crippen LogP contribution >= 0.6 is 0 Å². The topological polar surface area (TPSA) is 0 Å². The van der Waals surface area contributed by atoms with E-state index in [-0.39, 0.29) is 0 Å². The second-order valence-electron chi connectivity index (χ2n) is 2.67. The Morgan fingerprint density at radius 1 is 1.09 bits per heavy atom. The Bertz CT molecular complexity index is 139. The van der Waals surface area contributed by atoms with Crippen LogP contribution in [0.4, 0.5) is 26.1 Å². The van der Waals surface area contributed by atoms with E-state index < -0.39 is 31.3 Å². The van der Waals surface area contributed by atoms with Crippen LogP contribution in [0.25, 0.3) is 0 Å². The predicted octanol–water partition coefficient (Wildman–Crippen LogP) is 2.79. The Labute approximate surface area is 58.6 Å². The fourth-order valence-corrected chi connectivity index (χ4v) is 1.01. The fourth-order valence-electron chi connectivity index (χ4n) is 1.01. The summed E-state index contributed by atoms with van der Waals surface area (Å²) in [6.45, 7) is -5.28. The van der Waals surface area contributed by atoms with E-state index in [9.17, 15) is 26.1 Å². The molecule has 2 atom stereocenters. The molecule has 1 rings (SSSR count). The lowest BCUT2D eigenvalue weighted by molar-refractivity contribution is -0.147. The van der Waals surface area contributed by atoms with E-state index in [0.29, 0.717) is 0 Å². The highest BCUT2D eigenvalue weighted by Gasteiger charge is 2.61. The standard InChI is InChI=1S/C4H4BF6/c6-4(7,8)2-1-3(2)5(9,10)11/h2-3H,1H2/q-1/t2-,3-/m1/s1. The Balaban J connectivity index is 2.51. The van der Waals surface area contributed by atoms with Gasteiger partial charge in [-0.25, -0.2) is 0 Å². The van der Waals surface area contributed by atoms with E-state index in [1.807, 2.05) is 0 Å². The van der Waals surface area contributed by atoms with E-state index >= 15 is 0 Å². The summed E-state index contributed by atoms with van der Waals surface area (Å²) in [6.07, 6.45) is -5.44. The molecule has 0 N–H and O–H groups in total. The quantitative estimate of drug-likeness (QED) is 0.426. The van der Waals surface area contributed by atoms with Crippen molar-refractivity contribution in [3.8, 4) is 0 Å². The first-order valence-electron chi connectivity index (χ1n) is 2.99. The normalized spacial score (nSPS) is 32.2. The largest absolute Gasteiger partial charge is 0.481 e. The van der Waals surface area contributed by atoms with Crippen LogP contribution < -0.4 is 0 Å². The van der Waals surface area contributed by atoms with Gasteiger partial charge in [-0.2, -0.15) is 13.2 Å². The van der Waals surface area contributed by atoms with Gasteiger partial charge in [-0.3, -0.25) is 0 Å². The number of rotatable bonds is 1. The molecule has 0 nitrogen and oxygen atoms in total. The van der Waals surface area contributed by atoms with Crippen LogP contribution in [0.1, 0.15) is 6.42 Å². The van der Waals surface area contributed by atoms with Gasteiger partial charge in [0.15, 0.2) is 0 Å². The van der Waals surface area contributed by atoms with Crippen LogP contribution in [0.2, 0.25) is 5.82 Å². The molecule has 7 heteroatoms. The zero-order valence-corrected chi connectivity index (χ0v) is 5.21. The molecular formula is C4H4BF6-. The number of halogens is 6. The Kier molecular flexibility index (Phi) is 1.65. The Morgan fingerprint density at radius 3 is 1.64 bits per heavy atom. The van der Waals surface area contributed by atoms with Crippen molar-refractivity contribution in [1.29, 1.82) is 0 Å². The highest BCUT2D eigenvalue weighted by molar-refractivity contribution is 6.61. The number of hydrogen-bond donors (Lipinski definition) is 0. The third kappa shape index (κ3) is 1.81. The molecule has 1 aliphatic carbocycles. The van der Waals surface area contributed by atoms with Crippen molar-refractivity contribution in [3.63, 3.8) is 0 Å². The lowest BCUT2D eigenvalue weighted by Gasteiger charge is -2.13. The second kappa shape index (κ2) is 2.07. The third-order valence-corrected chi connectivity index (χ3v) is 1.75. The third-order valence-electron chi connectivity index (χ3n) is 1.75. The van der Waals surface area contributed by atoms with Crippen molar-refractivity contribution < 1.29 is 26.1 Å². The molecule has 0 aliphatic heterocycles. The number of alkyl halides is 3. The van der Waals surface area contributed by atoms with Gasteiger partial charge in [0, 0.05) is 5.92 Å². The first-order valence-corrected chi connectivity index (χ1v) is 2.99. The predicted molar refractivity (Wildman–Crippen MR) is 27.0 cm³/mol. The average Bonchev–Trinajstić information content (AvgIpc) is 2.30. The zero-order chi connectivity index (χ0) is 8.86. The number of hydrogen-bond acceptors (Lipinski definition) is 0. The maximum atomic E-state index is 11.6. The van der Waals surface area contributed by atoms with Gasteiger partial charge in [0.1, 0.15) is 0 Å². The molecule has 0 aromatic rings. The summed E-state index contributed by atoms with van der Waals surface area (Å²) in [4.78, 5) is 0. The molecule has 0 saturated heterocycles. The van der Waals surface area contributed by atoms with Crippen molar-refractivity contribution >= 4 is 6.98 Å². The molecule has 1 aliphatic rings. The van der Waals surface area contributed by atoms with Crippen LogP contribution in [-0.2, 0) is 0 Å². The highest BCUT2D eigenvalue weighted by atomic mass is 19.4. The SMILES string of the molecule is F[B-](F)(F)[C@@H]1C[C@H]1C(F)(F)F. The van der Waals surface area contributed by atoms with Crippen LogP contribution in [0, 0.1) is 5.92 Å². The summed E-state index contributed by atoms with van der Waals surface area (Å²) in [6, 6.07) is 0. The zero-order valence-electron chi connectivity index (χ0n) is 5.21. The van der Waals surface area contributed by atoms with Gasteiger partial charge in [-0.1, -0.05) is 12.2 Å². The van der Waals surface area contributed by atoms with Gasteiger partial charge in [-0.15, -0.1) is 0 Å². The van der Waals surface area contributed by atoms with E-state index in [0.717, 1.165) is 0 Å². The molecule has 1 fully saturated rings. The lowest BCUT2D eigenvalue weighted by Crippen LogP contribution is -2.21. The van der Waals surface area contributed by atoms with E-state index in [2.05, 4.69) is 0 Å². The van der Waals surface area contributed by atoms with Crippen molar-refractivity contribution in [1.82, 2.24) is 0 Å². The first kappa shape index (κ1) is 8.74. The maximum Gasteiger partial charge on any atom is 0.481 e. The first-order chi connectivity index (χ1) is 4.73. The van der Waals surface area contributed by atoms with Gasteiger partial charge in [0.2, 0.25) is 0 Å². The molecule has 0 heterocycles. The molecule has 0 radical (unpaired) electrons. The van der Waals surface area contributed by atoms with Crippen molar-refractivity contribution in [2.45, 2.75) is 18.4 Å². The summed E-state index contributed by atoms with van der Waals surface area (Å²) in [7, 11) is 0. The van der Waals surface area contributed by atoms with Gasteiger partial charge in [0.05, 0.1) is 0 Å². The minimum absolute atomic E-state index is 0.771. The van der Waals surface area contributed by atoms with E-state index in [1.54, 1.807) is 0 Å². The van der Waals surface area contributed by atoms with E-state index in [4.69, 9.17) is 0 Å². The summed E-state index contributed by atoms with van der Waals surface area (Å²) in [5.74, 6) is -4.21. The Morgan fingerprint density at radius 2 is 1.55 bits per heavy atom. The van der Waals surface area contributed by atoms with Gasteiger partial charge in [0.25, 0.3) is 0 Å². The second-order valence-corrected chi connectivity index (χ2v) is 2.67. The molecule has 0 unspecified atom stereocenters. The average molecular weight is 177 g/mol. The lowest BCUT2D eigenvalue weighted by atomic mass is 9.82. The molecule has 0 aromatic carbocycles. The monoisotopic (exact) mass is 177 g/mol. The van der Waals surface area contributed by atoms with Crippen molar-refractivity contribution in [2.24, 2.45) is 5.92 Å². The molecule has 0 spiro atoms. The van der Waals surface area contributed by atoms with Crippen LogP contribution in [-0.4, -0.2) is 13.2 Å². The molecule has 1 saturated carbocycles. The summed E-state index contributed by atoms with van der Waals surface area (Å²) in [5, 5.41) is 0. The smallest absolute Gasteiger partial charge is 0.449 e. The minimum Gasteiger partial charge on any atom is -0.449 e. The molecule has 11 heavy (non-hydrogen) atoms. The fraction of sp³-hybridized carbons (Fsp3) is 1.00. The highest BCUT2D eigenvalue weighted by Crippen LogP contribution is 2.60. The molecule has 0 aromatic heterocycles. The van der Waals surface area contributed by atoms with Crippen LogP contribution in [0.3, 0.4) is 0 Å². The van der Waals surface area contributed by atoms with Gasteiger partial charge in [-0.05, 0) is 0 Å². The Hall–Kier alpha value is -0.355. The summed E-state index contributed by atoms with van der Waals surface area (Å²) in [5.41, 5.74) is 0. The molecule has 0 amide bonds. The molecule has 66 valence electrons. The molecular weight excluding hydrogens is 173 g/mol. The van der Waals surface area contributed by atoms with E-state index in [1.165, 1.54) is 0 Å². The summed E-state index contributed by atoms with van der Waals surface area (Å²) >= 11 is 0. The summed E-state index contributed by atoms with van der Waals surface area (Å²) < 4.78 is 69.3. The molecule has 0 bridgehead atoms. The van der Waals surface area contributed by atoms with Gasteiger partial charge < -0.3 is 12.9 Å². The maximum absolute atomic E-state index is 11.6. The minimum atomic E-state index is -5.28. The van der Waals surface area contributed by atoms with Crippen LogP contribution in [0.15, 0.2) is 0 Å². The van der Waals surface area contributed by atoms with Crippen LogP contribution in [0.5, 0.6) is 0 Å².